The molecule has 0 aliphatic carbocycles. The highest BCUT2D eigenvalue weighted by Crippen LogP contribution is 2.17. The molecule has 2 N–H and O–H groups in total. The number of nitrogens with zero attached hydrogens (tertiary/aromatic N) is 3. The van der Waals surface area contributed by atoms with Crippen LogP contribution in [0, 0.1) is 11.5 Å². The van der Waals surface area contributed by atoms with E-state index in [-0.39, 0.29) is 6.54 Å². The maximum Gasteiger partial charge on any atom is 0.486 e. The van der Waals surface area contributed by atoms with Crippen LogP contribution >= 0.6 is 0 Å². The third-order valence-corrected chi connectivity index (χ3v) is 1.78. The number of hydrogen-bond donors (Lipinski definition) is 1. The maximum atomic E-state index is 10.5. The molecule has 1 rings (SSSR count). The van der Waals surface area contributed by atoms with Crippen LogP contribution in [-0.2, 0) is 4.79 Å². The SMILES string of the molecule is COc1ccc([N+](C#N)=NCC(N)=O)cc1. The molecule has 1 aromatic carbocycles. The Balaban J connectivity index is 2.92. The Bertz CT molecular complexity index is 445. The van der Waals surface area contributed by atoms with Crippen molar-refractivity contribution in [1.29, 1.82) is 5.26 Å². The van der Waals surface area contributed by atoms with Gasteiger partial charge in [-0.1, -0.05) is 5.11 Å². The number of nitrogens with two attached hydrogens (primary N) is 1. The van der Waals surface area contributed by atoms with E-state index >= 15 is 0 Å². The Morgan fingerprint density at radius 3 is 2.62 bits per heavy atom. The Morgan fingerprint density at radius 1 is 1.56 bits per heavy atom. The monoisotopic (exact) mass is 219 g/mol. The lowest BCUT2D eigenvalue weighted by Gasteiger charge is -1.98. The van der Waals surface area contributed by atoms with Crippen LogP contribution in [0.15, 0.2) is 29.4 Å². The van der Waals surface area contributed by atoms with Crippen LogP contribution in [0.3, 0.4) is 0 Å². The summed E-state index contributed by atoms with van der Waals surface area (Å²) in [6.07, 6.45) is 1.83. The zero-order chi connectivity index (χ0) is 12.0. The van der Waals surface area contributed by atoms with Gasteiger partial charge in [0, 0.05) is 0 Å². The molecule has 0 aromatic heterocycles. The number of nitriles is 1. The van der Waals surface area contributed by atoms with Gasteiger partial charge in [-0.05, 0) is 29.0 Å². The molecule has 0 heterocycles. The predicted molar refractivity (Wildman–Crippen MR) is 55.0 cm³/mol. The van der Waals surface area contributed by atoms with Gasteiger partial charge in [-0.2, -0.15) is 0 Å². The number of amides is 1. The molecule has 16 heavy (non-hydrogen) atoms. The van der Waals surface area contributed by atoms with Gasteiger partial charge in [0.15, 0.2) is 17.5 Å². The van der Waals surface area contributed by atoms with E-state index in [9.17, 15) is 4.79 Å². The van der Waals surface area contributed by atoms with Crippen LogP contribution in [0.25, 0.3) is 0 Å². The number of carbonyl (C=O) groups excluding carboxylic acids is 1. The summed E-state index contributed by atoms with van der Waals surface area (Å²) in [6, 6.07) is 6.71. The molecule has 0 saturated heterocycles. The number of primary amides is 1. The minimum atomic E-state index is -0.589. The number of rotatable bonds is 4. The van der Waals surface area contributed by atoms with Crippen molar-refractivity contribution in [3.8, 4) is 11.9 Å². The van der Waals surface area contributed by atoms with Crippen LogP contribution in [0.5, 0.6) is 5.75 Å². The zero-order valence-corrected chi connectivity index (χ0v) is 8.75. The first-order valence-corrected chi connectivity index (χ1v) is 4.47. The molecular weight excluding hydrogens is 208 g/mol. The van der Waals surface area contributed by atoms with Gasteiger partial charge in [-0.3, -0.25) is 4.79 Å². The van der Waals surface area contributed by atoms with Crippen molar-refractivity contribution in [2.24, 2.45) is 10.8 Å². The van der Waals surface area contributed by atoms with Gasteiger partial charge < -0.3 is 10.5 Å². The number of ether oxygens (including phenoxy) is 1. The van der Waals surface area contributed by atoms with Crippen molar-refractivity contribution >= 4 is 11.6 Å². The first-order valence-electron chi connectivity index (χ1n) is 4.47. The van der Waals surface area contributed by atoms with E-state index in [2.05, 4.69) is 5.11 Å². The highest BCUT2D eigenvalue weighted by molar-refractivity contribution is 5.75. The molecule has 82 valence electrons. The summed E-state index contributed by atoms with van der Waals surface area (Å²) in [6.45, 7) is -0.223. The van der Waals surface area contributed by atoms with Crippen molar-refractivity contribution in [1.82, 2.24) is 0 Å². The average molecular weight is 219 g/mol. The van der Waals surface area contributed by atoms with Crippen LogP contribution in [-0.4, -0.2) is 24.3 Å². The van der Waals surface area contributed by atoms with E-state index in [1.54, 1.807) is 31.4 Å². The molecule has 0 bridgehead atoms. The standard InChI is InChI=1S/C10H10N4O2/c1-16-9-4-2-8(3-5-9)14(7-11)13-6-10(12)15/h2-5H,6H2,1H3,(H-,12,15)/p+1. The van der Waals surface area contributed by atoms with Crippen LogP contribution in [0.4, 0.5) is 5.69 Å². The lowest BCUT2D eigenvalue weighted by molar-refractivity contribution is -0.422. The maximum absolute atomic E-state index is 10.5. The van der Waals surface area contributed by atoms with Crippen molar-refractivity contribution in [3.05, 3.63) is 24.3 Å². The minimum absolute atomic E-state index is 0.223. The van der Waals surface area contributed by atoms with Crippen molar-refractivity contribution < 1.29 is 14.2 Å². The number of benzene rings is 1. The molecule has 0 fully saturated rings. The highest BCUT2D eigenvalue weighted by atomic mass is 16.5. The molecule has 0 atom stereocenters. The van der Waals surface area contributed by atoms with Crippen molar-refractivity contribution in [3.63, 3.8) is 0 Å². The van der Waals surface area contributed by atoms with Crippen LogP contribution in [0.1, 0.15) is 0 Å². The second-order valence-electron chi connectivity index (χ2n) is 2.88. The molecule has 0 unspecified atom stereocenters. The van der Waals surface area contributed by atoms with E-state index in [0.717, 1.165) is 4.70 Å². The first kappa shape index (κ1) is 11.7. The van der Waals surface area contributed by atoms with E-state index in [1.165, 1.54) is 0 Å². The van der Waals surface area contributed by atoms with Gasteiger partial charge in [0.05, 0.1) is 7.11 Å². The topological polar surface area (TPSA) is 91.5 Å². The average Bonchev–Trinajstić information content (AvgIpc) is 2.30. The molecule has 0 spiro atoms. The van der Waals surface area contributed by atoms with Crippen molar-refractivity contribution in [2.75, 3.05) is 13.7 Å². The molecule has 0 saturated carbocycles. The number of carbonyl (C=O) groups is 1. The van der Waals surface area contributed by atoms with E-state index in [1.807, 2.05) is 6.19 Å². The van der Waals surface area contributed by atoms with Gasteiger partial charge >= 0.3 is 6.19 Å². The summed E-state index contributed by atoms with van der Waals surface area (Å²) in [5.41, 5.74) is 5.48. The second-order valence-corrected chi connectivity index (χ2v) is 2.88. The highest BCUT2D eigenvalue weighted by Gasteiger charge is 2.07. The molecule has 6 heteroatoms. The van der Waals surface area contributed by atoms with Crippen LogP contribution in [0.2, 0.25) is 0 Å². The Labute approximate surface area is 92.6 Å². The molecule has 0 radical (unpaired) electrons. The fourth-order valence-electron chi connectivity index (χ4n) is 1.03. The summed E-state index contributed by atoms with van der Waals surface area (Å²) in [4.78, 5) is 10.5. The Morgan fingerprint density at radius 2 is 2.19 bits per heavy atom. The van der Waals surface area contributed by atoms with E-state index in [0.29, 0.717) is 11.4 Å². The zero-order valence-electron chi connectivity index (χ0n) is 8.75. The first-order chi connectivity index (χ1) is 7.67. The lowest BCUT2D eigenvalue weighted by atomic mass is 10.3. The third-order valence-electron chi connectivity index (χ3n) is 1.78. The fraction of sp³-hybridized carbons (Fsp3) is 0.200. The molecule has 6 nitrogen and oxygen atoms in total. The molecular formula is C10H11N4O2+. The van der Waals surface area contributed by atoms with Crippen molar-refractivity contribution in [2.45, 2.75) is 0 Å². The molecule has 0 aliphatic rings. The van der Waals surface area contributed by atoms with Gasteiger partial charge in [0.1, 0.15) is 5.75 Å². The largest absolute Gasteiger partial charge is 0.497 e. The van der Waals surface area contributed by atoms with Gasteiger partial charge in [-0.25, -0.2) is 0 Å². The van der Waals surface area contributed by atoms with E-state index in [4.69, 9.17) is 15.7 Å². The molecule has 0 aliphatic heterocycles. The number of methoxy groups -OCH3 is 1. The van der Waals surface area contributed by atoms with Crippen LogP contribution < -0.4 is 10.5 Å². The summed E-state index contributed by atoms with van der Waals surface area (Å²) < 4.78 is 6.01. The summed E-state index contributed by atoms with van der Waals surface area (Å²) in [5.74, 6) is 0.0882. The van der Waals surface area contributed by atoms with Gasteiger partial charge in [0.2, 0.25) is 5.91 Å². The Kier molecular flexibility index (Phi) is 3.98. The van der Waals surface area contributed by atoms with E-state index < -0.39 is 5.91 Å². The number of hydrogen-bond acceptors (Lipinski definition) is 4. The second kappa shape index (κ2) is 5.46. The normalized spacial score (nSPS) is 10.6. The molecule has 1 aromatic rings. The minimum Gasteiger partial charge on any atom is -0.497 e. The third kappa shape index (κ3) is 3.06. The summed E-state index contributed by atoms with van der Waals surface area (Å²) >= 11 is 0. The van der Waals surface area contributed by atoms with Gasteiger partial charge in [-0.15, -0.1) is 0 Å². The Hall–Kier alpha value is -2.42. The molecule has 1 amide bonds. The smallest absolute Gasteiger partial charge is 0.486 e. The number of azo groups is 2. The summed E-state index contributed by atoms with van der Waals surface area (Å²) in [5, 5.41) is 12.5. The quantitative estimate of drug-likeness (QED) is 0.350. The fourth-order valence-corrected chi connectivity index (χ4v) is 1.03. The summed E-state index contributed by atoms with van der Waals surface area (Å²) in [7, 11) is 1.55. The van der Waals surface area contributed by atoms with Gasteiger partial charge in [0.25, 0.3) is 0 Å². The lowest BCUT2D eigenvalue weighted by Crippen LogP contribution is -2.15. The predicted octanol–water partition coefficient (Wildman–Crippen LogP) is 0.758.